The first-order chi connectivity index (χ1) is 17.0. The molecule has 1 aliphatic rings. The lowest BCUT2D eigenvalue weighted by Gasteiger charge is -2.24. The molecule has 4 aromatic rings. The minimum atomic E-state index is -0.339. The molecular formula is C28H25ClFN3O2. The van der Waals surface area contributed by atoms with Crippen LogP contribution in [0, 0.1) is 5.82 Å². The van der Waals surface area contributed by atoms with Gasteiger partial charge in [-0.25, -0.2) is 9.07 Å². The minimum absolute atomic E-state index is 0.111. The van der Waals surface area contributed by atoms with Crippen molar-refractivity contribution in [2.75, 3.05) is 0 Å². The highest BCUT2D eigenvalue weighted by atomic mass is 35.5. The third kappa shape index (κ3) is 4.93. The SMILES string of the molecule is CCc1nn(-c2ccccc2)c(Oc2ccc(F)cc2)c1CN(C(=O)c1ccccc1Cl)C1CC1. The molecule has 5 nitrogen and oxygen atoms in total. The van der Waals surface area contributed by atoms with Crippen molar-refractivity contribution >= 4 is 17.5 Å². The van der Waals surface area contributed by atoms with Crippen LogP contribution in [0.4, 0.5) is 4.39 Å². The predicted octanol–water partition coefficient (Wildman–Crippen LogP) is 6.82. The molecule has 0 radical (unpaired) electrons. The molecule has 3 aromatic carbocycles. The van der Waals surface area contributed by atoms with Crippen LogP contribution in [0.25, 0.3) is 5.69 Å². The van der Waals surface area contributed by atoms with E-state index in [0.717, 1.165) is 29.8 Å². The molecule has 0 aliphatic heterocycles. The van der Waals surface area contributed by atoms with E-state index in [4.69, 9.17) is 21.4 Å². The molecule has 0 unspecified atom stereocenters. The van der Waals surface area contributed by atoms with Crippen LogP contribution in [0.5, 0.6) is 11.6 Å². The first-order valence-corrected chi connectivity index (χ1v) is 12.1. The molecule has 35 heavy (non-hydrogen) atoms. The van der Waals surface area contributed by atoms with Crippen molar-refractivity contribution in [3.63, 3.8) is 0 Å². The first kappa shape index (κ1) is 23.1. The highest BCUT2D eigenvalue weighted by Gasteiger charge is 2.36. The summed E-state index contributed by atoms with van der Waals surface area (Å²) in [5.74, 6) is 0.550. The fourth-order valence-electron chi connectivity index (χ4n) is 4.10. The van der Waals surface area contributed by atoms with Gasteiger partial charge >= 0.3 is 0 Å². The number of rotatable bonds is 8. The van der Waals surface area contributed by atoms with Crippen molar-refractivity contribution in [1.82, 2.24) is 14.7 Å². The fraction of sp³-hybridized carbons (Fsp3) is 0.214. The Labute approximate surface area is 208 Å². The molecule has 178 valence electrons. The number of amides is 1. The van der Waals surface area contributed by atoms with E-state index in [-0.39, 0.29) is 17.8 Å². The lowest BCUT2D eigenvalue weighted by Crippen LogP contribution is -2.33. The molecule has 0 spiro atoms. The Balaban J connectivity index is 1.58. The standard InChI is InChI=1S/C28H25ClFN3O2/c1-2-26-24(18-32(20-14-15-20)27(34)23-10-6-7-11-25(23)29)28(35-22-16-12-19(30)13-17-22)33(31-26)21-8-4-3-5-9-21/h3-13,16-17,20H,2,14-15,18H2,1H3. The van der Waals surface area contributed by atoms with Gasteiger partial charge in [0.05, 0.1) is 34.1 Å². The molecule has 0 bridgehead atoms. The zero-order chi connectivity index (χ0) is 24.4. The summed E-state index contributed by atoms with van der Waals surface area (Å²) < 4.78 is 21.6. The van der Waals surface area contributed by atoms with Crippen LogP contribution in [-0.2, 0) is 13.0 Å². The number of para-hydroxylation sites is 1. The third-order valence-corrected chi connectivity index (χ3v) is 6.39. The summed E-state index contributed by atoms with van der Waals surface area (Å²) in [6.07, 6.45) is 2.55. The second-order valence-electron chi connectivity index (χ2n) is 8.53. The highest BCUT2D eigenvalue weighted by Crippen LogP contribution is 2.36. The number of hydrogen-bond acceptors (Lipinski definition) is 3. The van der Waals surface area contributed by atoms with Crippen molar-refractivity contribution in [2.24, 2.45) is 0 Å². The van der Waals surface area contributed by atoms with Gasteiger partial charge in [-0.1, -0.05) is 48.9 Å². The van der Waals surface area contributed by atoms with Crippen LogP contribution < -0.4 is 4.74 Å². The number of benzene rings is 3. The number of halogens is 2. The summed E-state index contributed by atoms with van der Waals surface area (Å²) >= 11 is 6.37. The molecule has 1 amide bonds. The summed E-state index contributed by atoms with van der Waals surface area (Å²) in [6, 6.07) is 22.8. The Hall–Kier alpha value is -3.64. The van der Waals surface area contributed by atoms with Gasteiger partial charge in [0.2, 0.25) is 5.88 Å². The van der Waals surface area contributed by atoms with Gasteiger partial charge in [-0.05, 0) is 67.8 Å². The van der Waals surface area contributed by atoms with Crippen molar-refractivity contribution in [3.05, 3.63) is 107 Å². The molecule has 1 fully saturated rings. The van der Waals surface area contributed by atoms with Crippen LogP contribution in [0.3, 0.4) is 0 Å². The van der Waals surface area contributed by atoms with Gasteiger partial charge in [0, 0.05) is 6.04 Å². The maximum Gasteiger partial charge on any atom is 0.255 e. The van der Waals surface area contributed by atoms with Gasteiger partial charge in [-0.2, -0.15) is 5.10 Å². The monoisotopic (exact) mass is 489 g/mol. The molecule has 1 saturated carbocycles. The van der Waals surface area contributed by atoms with Crippen molar-refractivity contribution < 1.29 is 13.9 Å². The Morgan fingerprint density at radius 1 is 1.06 bits per heavy atom. The average molecular weight is 490 g/mol. The third-order valence-electron chi connectivity index (χ3n) is 6.06. The first-order valence-electron chi connectivity index (χ1n) is 11.7. The van der Waals surface area contributed by atoms with Crippen molar-refractivity contribution in [1.29, 1.82) is 0 Å². The van der Waals surface area contributed by atoms with Crippen LogP contribution in [-0.4, -0.2) is 26.6 Å². The van der Waals surface area contributed by atoms with Gasteiger partial charge in [0.1, 0.15) is 11.6 Å². The molecule has 0 saturated heterocycles. The van der Waals surface area contributed by atoms with Gasteiger partial charge in [-0.15, -0.1) is 0 Å². The number of hydrogen-bond donors (Lipinski definition) is 0. The van der Waals surface area contributed by atoms with Gasteiger partial charge in [0.25, 0.3) is 5.91 Å². The van der Waals surface area contributed by atoms with E-state index in [9.17, 15) is 9.18 Å². The number of carbonyl (C=O) groups is 1. The zero-order valence-corrected chi connectivity index (χ0v) is 20.1. The smallest absolute Gasteiger partial charge is 0.255 e. The average Bonchev–Trinajstić information content (AvgIpc) is 3.67. The summed E-state index contributed by atoms with van der Waals surface area (Å²) in [7, 11) is 0. The van der Waals surface area contributed by atoms with Crippen molar-refractivity contribution in [3.8, 4) is 17.3 Å². The molecule has 0 atom stereocenters. The van der Waals surface area contributed by atoms with Gasteiger partial charge in [0.15, 0.2) is 0 Å². The largest absolute Gasteiger partial charge is 0.439 e. The molecule has 1 aliphatic carbocycles. The van der Waals surface area contributed by atoms with E-state index in [1.54, 1.807) is 28.9 Å². The molecule has 1 heterocycles. The zero-order valence-electron chi connectivity index (χ0n) is 19.3. The van der Waals surface area contributed by atoms with E-state index >= 15 is 0 Å². The van der Waals surface area contributed by atoms with E-state index in [1.807, 2.05) is 54.3 Å². The second kappa shape index (κ2) is 9.92. The maximum atomic E-state index is 13.6. The summed E-state index contributed by atoms with van der Waals surface area (Å²) in [5, 5.41) is 5.28. The van der Waals surface area contributed by atoms with Gasteiger partial charge in [-0.3, -0.25) is 4.79 Å². The molecule has 5 rings (SSSR count). The molecule has 7 heteroatoms. The highest BCUT2D eigenvalue weighted by molar-refractivity contribution is 6.33. The number of nitrogens with zero attached hydrogens (tertiary/aromatic N) is 3. The predicted molar refractivity (Wildman–Crippen MR) is 134 cm³/mol. The Bertz CT molecular complexity index is 1330. The van der Waals surface area contributed by atoms with E-state index in [1.165, 1.54) is 12.1 Å². The minimum Gasteiger partial charge on any atom is -0.439 e. The van der Waals surface area contributed by atoms with Crippen LogP contribution in [0.15, 0.2) is 78.9 Å². The quantitative estimate of drug-likeness (QED) is 0.272. The molecule has 0 N–H and O–H groups in total. The van der Waals surface area contributed by atoms with E-state index in [0.29, 0.717) is 35.2 Å². The number of aromatic nitrogens is 2. The second-order valence-corrected chi connectivity index (χ2v) is 8.94. The Kier molecular flexibility index (Phi) is 6.55. The van der Waals surface area contributed by atoms with Crippen LogP contribution in [0.2, 0.25) is 5.02 Å². The van der Waals surface area contributed by atoms with Crippen LogP contribution in [0.1, 0.15) is 41.4 Å². The fourth-order valence-corrected chi connectivity index (χ4v) is 4.31. The van der Waals surface area contributed by atoms with Crippen molar-refractivity contribution in [2.45, 2.75) is 38.8 Å². The maximum absolute atomic E-state index is 13.6. The molecule has 1 aromatic heterocycles. The normalized spacial score (nSPS) is 13.0. The van der Waals surface area contributed by atoms with E-state index < -0.39 is 0 Å². The number of ether oxygens (including phenoxy) is 1. The van der Waals surface area contributed by atoms with Gasteiger partial charge < -0.3 is 9.64 Å². The topological polar surface area (TPSA) is 47.4 Å². The Morgan fingerprint density at radius 3 is 2.40 bits per heavy atom. The summed E-state index contributed by atoms with van der Waals surface area (Å²) in [6.45, 7) is 2.36. The lowest BCUT2D eigenvalue weighted by atomic mass is 10.1. The number of carbonyl (C=O) groups excluding carboxylic acids is 1. The lowest BCUT2D eigenvalue weighted by molar-refractivity contribution is 0.0729. The summed E-state index contributed by atoms with van der Waals surface area (Å²) in [4.78, 5) is 15.4. The Morgan fingerprint density at radius 2 is 1.74 bits per heavy atom. The van der Waals surface area contributed by atoms with E-state index in [2.05, 4.69) is 0 Å². The van der Waals surface area contributed by atoms with Crippen LogP contribution >= 0.6 is 11.6 Å². The summed E-state index contributed by atoms with van der Waals surface area (Å²) in [5.41, 5.74) is 2.98. The number of aryl methyl sites for hydroxylation is 1. The molecular weight excluding hydrogens is 465 g/mol.